The first kappa shape index (κ1) is 17.6. The third-order valence-corrected chi connectivity index (χ3v) is 4.94. The summed E-state index contributed by atoms with van der Waals surface area (Å²) in [4.78, 5) is 0. The lowest BCUT2D eigenvalue weighted by atomic mass is 9.97. The van der Waals surface area contributed by atoms with Gasteiger partial charge in [0, 0.05) is 17.0 Å². The van der Waals surface area contributed by atoms with Gasteiger partial charge in [-0.1, -0.05) is 29.8 Å². The molecule has 0 saturated carbocycles. The molecule has 5 heteroatoms. The van der Waals surface area contributed by atoms with E-state index in [-0.39, 0.29) is 11.9 Å². The molecule has 1 heterocycles. The summed E-state index contributed by atoms with van der Waals surface area (Å²) in [6.45, 7) is 0. The summed E-state index contributed by atoms with van der Waals surface area (Å²) in [5.74, 6) is 0.560. The van der Waals surface area contributed by atoms with Crippen LogP contribution in [0, 0.1) is 5.82 Å². The molecule has 0 saturated heterocycles. The Morgan fingerprint density at radius 2 is 1.70 bits per heavy atom. The molecule has 3 aromatic rings. The zero-order chi connectivity index (χ0) is 18.8. The third kappa shape index (κ3) is 3.53. The van der Waals surface area contributed by atoms with Gasteiger partial charge in [0.1, 0.15) is 11.6 Å². The molecule has 136 valence electrons. The van der Waals surface area contributed by atoms with Gasteiger partial charge in [-0.15, -0.1) is 0 Å². The normalized spacial score (nSPS) is 16.3. The Labute approximate surface area is 162 Å². The van der Waals surface area contributed by atoms with E-state index in [0.717, 1.165) is 22.7 Å². The topological polar surface area (TPSA) is 24.8 Å². The number of rotatable bonds is 4. The van der Waals surface area contributed by atoms with Crippen molar-refractivity contribution in [1.29, 1.82) is 0 Å². The van der Waals surface area contributed by atoms with Gasteiger partial charge < -0.3 is 4.74 Å². The minimum absolute atomic E-state index is 0.218. The molecule has 1 atom stereocenters. The SMILES string of the molecule is COc1ccc(C2=NN(c3ccc(Cl)cc3)C(c3ccccc3F)C2)cc1. The second kappa shape index (κ2) is 7.41. The highest BCUT2D eigenvalue weighted by Gasteiger charge is 2.31. The molecule has 0 aromatic heterocycles. The zero-order valence-electron chi connectivity index (χ0n) is 14.8. The second-order valence-corrected chi connectivity index (χ2v) is 6.77. The fourth-order valence-electron chi connectivity index (χ4n) is 3.29. The number of hydrogen-bond acceptors (Lipinski definition) is 3. The van der Waals surface area contributed by atoms with E-state index in [1.165, 1.54) is 6.07 Å². The van der Waals surface area contributed by atoms with Gasteiger partial charge in [-0.2, -0.15) is 5.10 Å². The van der Waals surface area contributed by atoms with Crippen molar-refractivity contribution >= 4 is 23.0 Å². The number of ether oxygens (including phenoxy) is 1. The van der Waals surface area contributed by atoms with Crippen molar-refractivity contribution in [3.05, 3.63) is 94.8 Å². The maximum atomic E-state index is 14.5. The summed E-state index contributed by atoms with van der Waals surface area (Å²) < 4.78 is 19.7. The third-order valence-electron chi connectivity index (χ3n) is 4.69. The number of benzene rings is 3. The lowest BCUT2D eigenvalue weighted by Crippen LogP contribution is -2.19. The number of nitrogens with zero attached hydrogens (tertiary/aromatic N) is 2. The first-order valence-electron chi connectivity index (χ1n) is 8.67. The molecule has 27 heavy (non-hydrogen) atoms. The van der Waals surface area contributed by atoms with E-state index >= 15 is 0 Å². The van der Waals surface area contributed by atoms with Crippen LogP contribution in [0.2, 0.25) is 5.02 Å². The molecule has 0 fully saturated rings. The molecule has 1 unspecified atom stereocenters. The quantitative estimate of drug-likeness (QED) is 0.567. The first-order valence-corrected chi connectivity index (χ1v) is 9.04. The summed E-state index contributed by atoms with van der Waals surface area (Å²) in [5.41, 5.74) is 3.39. The van der Waals surface area contributed by atoms with Crippen molar-refractivity contribution in [3.8, 4) is 5.75 Å². The van der Waals surface area contributed by atoms with Crippen LogP contribution in [0.25, 0.3) is 0 Å². The van der Waals surface area contributed by atoms with Crippen LogP contribution in [-0.2, 0) is 0 Å². The Kier molecular flexibility index (Phi) is 4.82. The fourth-order valence-corrected chi connectivity index (χ4v) is 3.41. The van der Waals surface area contributed by atoms with Crippen LogP contribution in [-0.4, -0.2) is 12.8 Å². The Hall–Kier alpha value is -2.85. The molecule has 0 N–H and O–H groups in total. The van der Waals surface area contributed by atoms with Crippen LogP contribution >= 0.6 is 11.6 Å². The highest BCUT2D eigenvalue weighted by molar-refractivity contribution is 6.30. The van der Waals surface area contributed by atoms with Crippen molar-refractivity contribution in [2.75, 3.05) is 12.1 Å². The lowest BCUT2D eigenvalue weighted by molar-refractivity contribution is 0.415. The van der Waals surface area contributed by atoms with Gasteiger partial charge >= 0.3 is 0 Å². The predicted octanol–water partition coefficient (Wildman–Crippen LogP) is 5.84. The zero-order valence-corrected chi connectivity index (χ0v) is 15.5. The lowest BCUT2D eigenvalue weighted by Gasteiger charge is -2.24. The Bertz CT molecular complexity index is 970. The standard InChI is InChI=1S/C22H18ClFN2O/c1-27-18-12-6-15(7-13-18)21-14-22(19-4-2-3-5-20(19)24)26(25-21)17-10-8-16(23)9-11-17/h2-13,22H,14H2,1H3. The van der Waals surface area contributed by atoms with Gasteiger partial charge in [-0.25, -0.2) is 4.39 Å². The van der Waals surface area contributed by atoms with E-state index in [0.29, 0.717) is 17.0 Å². The largest absolute Gasteiger partial charge is 0.497 e. The highest BCUT2D eigenvalue weighted by atomic mass is 35.5. The molecular weight excluding hydrogens is 363 g/mol. The summed E-state index contributed by atoms with van der Waals surface area (Å²) in [6.07, 6.45) is 0.607. The summed E-state index contributed by atoms with van der Waals surface area (Å²) in [5, 5.41) is 7.33. The number of hydrazone groups is 1. The molecule has 0 aliphatic carbocycles. The van der Waals surface area contributed by atoms with Gasteiger partial charge in [-0.05, 0) is 60.2 Å². The first-order chi connectivity index (χ1) is 13.2. The van der Waals surface area contributed by atoms with Crippen LogP contribution in [0.5, 0.6) is 5.75 Å². The van der Waals surface area contributed by atoms with Crippen LogP contribution in [0.15, 0.2) is 77.9 Å². The number of methoxy groups -OCH3 is 1. The molecule has 3 nitrogen and oxygen atoms in total. The molecule has 0 bridgehead atoms. The molecule has 4 rings (SSSR count). The number of halogens is 2. The smallest absolute Gasteiger partial charge is 0.128 e. The van der Waals surface area contributed by atoms with Crippen LogP contribution in [0.1, 0.15) is 23.6 Å². The Morgan fingerprint density at radius 1 is 1.00 bits per heavy atom. The fraction of sp³-hybridized carbons (Fsp3) is 0.136. The average molecular weight is 381 g/mol. The van der Waals surface area contributed by atoms with Gasteiger partial charge in [0.15, 0.2) is 0 Å². The monoisotopic (exact) mass is 380 g/mol. The second-order valence-electron chi connectivity index (χ2n) is 6.34. The minimum Gasteiger partial charge on any atom is -0.497 e. The van der Waals surface area contributed by atoms with E-state index in [1.54, 1.807) is 13.2 Å². The molecule has 1 aliphatic rings. The summed E-state index contributed by atoms with van der Waals surface area (Å²) in [6, 6.07) is 21.8. The van der Waals surface area contributed by atoms with Gasteiger partial charge in [-0.3, -0.25) is 5.01 Å². The maximum Gasteiger partial charge on any atom is 0.128 e. The molecule has 1 aliphatic heterocycles. The van der Waals surface area contributed by atoms with Gasteiger partial charge in [0.05, 0.1) is 24.6 Å². The molecule has 0 spiro atoms. The Balaban J connectivity index is 1.74. The van der Waals surface area contributed by atoms with Crippen molar-refractivity contribution in [2.24, 2.45) is 5.10 Å². The van der Waals surface area contributed by atoms with E-state index in [4.69, 9.17) is 21.4 Å². The van der Waals surface area contributed by atoms with Crippen molar-refractivity contribution in [1.82, 2.24) is 0 Å². The van der Waals surface area contributed by atoms with E-state index in [9.17, 15) is 4.39 Å². The van der Waals surface area contributed by atoms with E-state index in [1.807, 2.05) is 65.7 Å². The number of anilines is 1. The van der Waals surface area contributed by atoms with Crippen LogP contribution < -0.4 is 9.75 Å². The van der Waals surface area contributed by atoms with Crippen LogP contribution in [0.4, 0.5) is 10.1 Å². The average Bonchev–Trinajstić information content (AvgIpc) is 3.14. The van der Waals surface area contributed by atoms with Crippen molar-refractivity contribution in [3.63, 3.8) is 0 Å². The Morgan fingerprint density at radius 3 is 2.37 bits per heavy atom. The summed E-state index contributed by atoms with van der Waals surface area (Å²) in [7, 11) is 1.64. The minimum atomic E-state index is -0.229. The molecule has 0 radical (unpaired) electrons. The van der Waals surface area contributed by atoms with Gasteiger partial charge in [0.2, 0.25) is 0 Å². The number of hydrogen-bond donors (Lipinski definition) is 0. The van der Waals surface area contributed by atoms with Gasteiger partial charge in [0.25, 0.3) is 0 Å². The molecule has 3 aromatic carbocycles. The molecule has 0 amide bonds. The highest BCUT2D eigenvalue weighted by Crippen LogP contribution is 2.38. The maximum absolute atomic E-state index is 14.5. The predicted molar refractivity (Wildman–Crippen MR) is 107 cm³/mol. The van der Waals surface area contributed by atoms with Crippen LogP contribution in [0.3, 0.4) is 0 Å². The summed E-state index contributed by atoms with van der Waals surface area (Å²) >= 11 is 6.02. The van der Waals surface area contributed by atoms with E-state index < -0.39 is 0 Å². The molecular formula is C22H18ClFN2O. The van der Waals surface area contributed by atoms with Crippen molar-refractivity contribution < 1.29 is 9.13 Å². The van der Waals surface area contributed by atoms with Crippen molar-refractivity contribution in [2.45, 2.75) is 12.5 Å². The van der Waals surface area contributed by atoms with E-state index in [2.05, 4.69) is 0 Å².